The van der Waals surface area contributed by atoms with E-state index in [1.165, 1.54) is 7.11 Å². The number of aryl methyl sites for hydroxylation is 1. The molecule has 0 bridgehead atoms. The summed E-state index contributed by atoms with van der Waals surface area (Å²) < 4.78 is 16.1. The van der Waals surface area contributed by atoms with Crippen molar-refractivity contribution in [3.8, 4) is 11.5 Å². The maximum absolute atomic E-state index is 12.6. The fraction of sp³-hybridized carbons (Fsp3) is 0.389. The Morgan fingerprint density at radius 3 is 3.04 bits per heavy atom. The second-order valence-corrected chi connectivity index (χ2v) is 5.66. The number of hydrogen-bond donors (Lipinski definition) is 2. The van der Waals surface area contributed by atoms with Crippen LogP contribution >= 0.6 is 0 Å². The molecule has 128 valence electrons. The topological polar surface area (TPSA) is 80.9 Å². The van der Waals surface area contributed by atoms with E-state index in [2.05, 4.69) is 5.32 Å². The first-order valence-electron chi connectivity index (χ1n) is 8.01. The number of carbonyl (C=O) groups excluding carboxylic acids is 1. The molecule has 3 rings (SSSR count). The standard InChI is InChI=1S/C18H21NO5/c1-22-16-6-5-12(11-17(16)24-10-8-20)18(21)19-14-3-2-4-15-13(14)7-9-23-15/h5-7,9,11,14,20H,2-4,8,10H2,1H3,(H,19,21)/t14-/m0/s1. The zero-order valence-electron chi connectivity index (χ0n) is 13.6. The minimum atomic E-state index is -0.175. The number of fused-ring (bicyclic) bond motifs is 1. The summed E-state index contributed by atoms with van der Waals surface area (Å²) in [6, 6.07) is 6.89. The molecule has 6 heteroatoms. The largest absolute Gasteiger partial charge is 0.493 e. The molecule has 1 aliphatic carbocycles. The van der Waals surface area contributed by atoms with Crippen molar-refractivity contribution in [3.63, 3.8) is 0 Å². The molecule has 0 saturated heterocycles. The lowest BCUT2D eigenvalue weighted by Crippen LogP contribution is -2.30. The van der Waals surface area contributed by atoms with Crippen molar-refractivity contribution in [1.82, 2.24) is 5.32 Å². The van der Waals surface area contributed by atoms with E-state index in [1.807, 2.05) is 6.07 Å². The highest BCUT2D eigenvalue weighted by atomic mass is 16.5. The maximum atomic E-state index is 12.6. The average Bonchev–Trinajstić information content (AvgIpc) is 3.09. The molecular formula is C18H21NO5. The van der Waals surface area contributed by atoms with Crippen molar-refractivity contribution in [1.29, 1.82) is 0 Å². The molecule has 1 aromatic heterocycles. The van der Waals surface area contributed by atoms with Crippen molar-refractivity contribution in [2.75, 3.05) is 20.3 Å². The van der Waals surface area contributed by atoms with Crippen LogP contribution in [0.25, 0.3) is 0 Å². The lowest BCUT2D eigenvalue weighted by Gasteiger charge is -2.23. The van der Waals surface area contributed by atoms with Crippen molar-refractivity contribution in [3.05, 3.63) is 47.4 Å². The van der Waals surface area contributed by atoms with Gasteiger partial charge < -0.3 is 24.3 Å². The minimum absolute atomic E-state index is 0.0380. The van der Waals surface area contributed by atoms with Crippen molar-refractivity contribution in [2.24, 2.45) is 0 Å². The molecule has 0 saturated carbocycles. The summed E-state index contributed by atoms with van der Waals surface area (Å²) in [5.41, 5.74) is 1.54. The van der Waals surface area contributed by atoms with Gasteiger partial charge in [-0.2, -0.15) is 0 Å². The molecule has 0 fully saturated rings. The summed E-state index contributed by atoms with van der Waals surface area (Å²) >= 11 is 0. The van der Waals surface area contributed by atoms with Gasteiger partial charge in [-0.05, 0) is 37.1 Å². The number of nitrogens with one attached hydrogen (secondary N) is 1. The molecule has 1 aliphatic rings. The van der Waals surface area contributed by atoms with Crippen molar-refractivity contribution in [2.45, 2.75) is 25.3 Å². The summed E-state index contributed by atoms with van der Waals surface area (Å²) in [6.07, 6.45) is 4.46. The van der Waals surface area contributed by atoms with Gasteiger partial charge in [0.25, 0.3) is 5.91 Å². The molecular weight excluding hydrogens is 310 g/mol. The van der Waals surface area contributed by atoms with Gasteiger partial charge in [-0.25, -0.2) is 0 Å². The SMILES string of the molecule is COc1ccc(C(=O)N[C@H]2CCCc3occc32)cc1OCCO. The van der Waals surface area contributed by atoms with E-state index in [0.29, 0.717) is 17.1 Å². The molecule has 0 aliphatic heterocycles. The molecule has 1 amide bonds. The fourth-order valence-electron chi connectivity index (χ4n) is 2.96. The molecule has 0 radical (unpaired) electrons. The third-order valence-corrected chi connectivity index (χ3v) is 4.13. The van der Waals surface area contributed by atoms with Crippen LogP contribution in [0.2, 0.25) is 0 Å². The minimum Gasteiger partial charge on any atom is -0.493 e. The summed E-state index contributed by atoms with van der Waals surface area (Å²) in [7, 11) is 1.53. The summed E-state index contributed by atoms with van der Waals surface area (Å²) in [5, 5.41) is 12.0. The zero-order valence-corrected chi connectivity index (χ0v) is 13.6. The van der Waals surface area contributed by atoms with Crippen LogP contribution in [0.1, 0.15) is 40.6 Å². The number of amides is 1. The lowest BCUT2D eigenvalue weighted by atomic mass is 9.93. The van der Waals surface area contributed by atoms with Gasteiger partial charge in [0.05, 0.1) is 26.0 Å². The first-order valence-corrected chi connectivity index (χ1v) is 8.01. The maximum Gasteiger partial charge on any atom is 0.251 e. The summed E-state index contributed by atoms with van der Waals surface area (Å²) in [5.74, 6) is 1.74. The number of hydrogen-bond acceptors (Lipinski definition) is 5. The van der Waals surface area contributed by atoms with Crippen LogP contribution in [0.15, 0.2) is 34.9 Å². The van der Waals surface area contributed by atoms with Crippen LogP contribution in [0, 0.1) is 0 Å². The molecule has 6 nitrogen and oxygen atoms in total. The van der Waals surface area contributed by atoms with Gasteiger partial charge in [0.2, 0.25) is 0 Å². The molecule has 2 aromatic rings. The fourth-order valence-corrected chi connectivity index (χ4v) is 2.96. The van der Waals surface area contributed by atoms with Gasteiger partial charge in [0.1, 0.15) is 12.4 Å². The Morgan fingerprint density at radius 1 is 1.38 bits per heavy atom. The summed E-state index contributed by atoms with van der Waals surface area (Å²) in [6.45, 7) is 0.0351. The third kappa shape index (κ3) is 3.38. The van der Waals surface area contributed by atoms with E-state index in [-0.39, 0.29) is 25.2 Å². The van der Waals surface area contributed by atoms with Gasteiger partial charge in [0, 0.05) is 17.5 Å². The van der Waals surface area contributed by atoms with Crippen molar-refractivity contribution >= 4 is 5.91 Å². The molecule has 1 aromatic carbocycles. The van der Waals surface area contributed by atoms with E-state index in [0.717, 1.165) is 30.6 Å². The normalized spacial score (nSPS) is 16.3. The number of benzene rings is 1. The Balaban J connectivity index is 1.76. The molecule has 1 heterocycles. The van der Waals surface area contributed by atoms with Gasteiger partial charge in [-0.3, -0.25) is 4.79 Å². The number of aliphatic hydroxyl groups is 1. The number of ether oxygens (including phenoxy) is 2. The molecule has 24 heavy (non-hydrogen) atoms. The highest BCUT2D eigenvalue weighted by Gasteiger charge is 2.24. The van der Waals surface area contributed by atoms with E-state index in [4.69, 9.17) is 19.0 Å². The first-order chi connectivity index (χ1) is 11.7. The number of furan rings is 1. The summed E-state index contributed by atoms with van der Waals surface area (Å²) in [4.78, 5) is 12.6. The first kappa shape index (κ1) is 16.4. The Hall–Kier alpha value is -2.47. The van der Waals surface area contributed by atoms with Crippen molar-refractivity contribution < 1.29 is 23.8 Å². The lowest BCUT2D eigenvalue weighted by molar-refractivity contribution is 0.0931. The molecule has 0 unspecified atom stereocenters. The molecule has 1 atom stereocenters. The predicted molar refractivity (Wildman–Crippen MR) is 87.4 cm³/mol. The van der Waals surface area contributed by atoms with E-state index >= 15 is 0 Å². The van der Waals surface area contributed by atoms with Crippen LogP contribution in [-0.2, 0) is 6.42 Å². The predicted octanol–water partition coefficient (Wildman–Crippen LogP) is 2.47. The highest BCUT2D eigenvalue weighted by molar-refractivity contribution is 5.95. The Kier molecular flexibility index (Phi) is 5.05. The molecule has 0 spiro atoms. The van der Waals surface area contributed by atoms with Crippen LogP contribution in [0.5, 0.6) is 11.5 Å². The number of methoxy groups -OCH3 is 1. The van der Waals surface area contributed by atoms with Gasteiger partial charge in [0.15, 0.2) is 11.5 Å². The number of carbonyl (C=O) groups is 1. The Bertz CT molecular complexity index is 709. The van der Waals surface area contributed by atoms with E-state index in [9.17, 15) is 4.79 Å². The smallest absolute Gasteiger partial charge is 0.251 e. The van der Waals surface area contributed by atoms with E-state index < -0.39 is 0 Å². The zero-order chi connectivity index (χ0) is 16.9. The quantitative estimate of drug-likeness (QED) is 0.850. The monoisotopic (exact) mass is 331 g/mol. The van der Waals surface area contributed by atoms with E-state index in [1.54, 1.807) is 24.5 Å². The Morgan fingerprint density at radius 2 is 2.25 bits per heavy atom. The second kappa shape index (κ2) is 7.40. The van der Waals surface area contributed by atoms with Gasteiger partial charge >= 0.3 is 0 Å². The average molecular weight is 331 g/mol. The van der Waals surface area contributed by atoms with Crippen LogP contribution in [-0.4, -0.2) is 31.3 Å². The number of aliphatic hydroxyl groups excluding tert-OH is 1. The number of rotatable bonds is 6. The molecule has 2 N–H and O–H groups in total. The van der Waals surface area contributed by atoms with Gasteiger partial charge in [-0.1, -0.05) is 0 Å². The third-order valence-electron chi connectivity index (χ3n) is 4.13. The second-order valence-electron chi connectivity index (χ2n) is 5.66. The highest BCUT2D eigenvalue weighted by Crippen LogP contribution is 2.32. The van der Waals surface area contributed by atoms with Crippen LogP contribution in [0.3, 0.4) is 0 Å². The van der Waals surface area contributed by atoms with Crippen LogP contribution in [0.4, 0.5) is 0 Å². The Labute approximate surface area is 140 Å². The van der Waals surface area contributed by atoms with Crippen LogP contribution < -0.4 is 14.8 Å². The van der Waals surface area contributed by atoms with Gasteiger partial charge in [-0.15, -0.1) is 0 Å².